The first kappa shape index (κ1) is 23.3. The Balaban J connectivity index is 0.00000300. The van der Waals surface area contributed by atoms with Crippen molar-refractivity contribution in [3.05, 3.63) is 54.1 Å². The Morgan fingerprint density at radius 3 is 2.24 bits per heavy atom. The van der Waals surface area contributed by atoms with Crippen molar-refractivity contribution in [1.82, 2.24) is 4.90 Å². The number of guanidine groups is 1. The fraction of sp³-hybridized carbons (Fsp3) is 0.409. The van der Waals surface area contributed by atoms with Crippen LogP contribution in [0.4, 0.5) is 5.69 Å². The number of methoxy groups -OCH3 is 2. The van der Waals surface area contributed by atoms with E-state index in [1.165, 1.54) is 12.0 Å². The number of benzene rings is 2. The maximum atomic E-state index is 6.13. The maximum Gasteiger partial charge on any atom is 0.193 e. The predicted molar refractivity (Wildman–Crippen MR) is 130 cm³/mol. The zero-order chi connectivity index (χ0) is 19.9. The number of nitrogens with zero attached hydrogens (tertiary/aromatic N) is 2. The molecule has 2 aromatic carbocycles. The summed E-state index contributed by atoms with van der Waals surface area (Å²) < 4.78 is 10.5. The van der Waals surface area contributed by atoms with Crippen molar-refractivity contribution < 1.29 is 9.47 Å². The lowest BCUT2D eigenvalue weighted by molar-refractivity contribution is 0.125. The summed E-state index contributed by atoms with van der Waals surface area (Å²) in [5, 5.41) is 3.16. The van der Waals surface area contributed by atoms with E-state index in [1.807, 2.05) is 36.4 Å². The number of likely N-dealkylation sites (tertiary alicyclic amines) is 1. The normalized spacial score (nSPS) is 19.9. The lowest BCUT2D eigenvalue weighted by Gasteiger charge is -2.39. The highest BCUT2D eigenvalue weighted by Crippen LogP contribution is 2.35. The molecule has 1 aliphatic rings. The van der Waals surface area contributed by atoms with E-state index in [9.17, 15) is 0 Å². The Morgan fingerprint density at radius 1 is 1.07 bits per heavy atom. The van der Waals surface area contributed by atoms with Gasteiger partial charge in [-0.15, -0.1) is 24.0 Å². The first-order chi connectivity index (χ1) is 13.6. The Hall–Kier alpha value is -2.00. The zero-order valence-corrected chi connectivity index (χ0v) is 19.6. The highest BCUT2D eigenvalue weighted by Gasteiger charge is 2.30. The number of anilines is 1. The van der Waals surface area contributed by atoms with Crippen LogP contribution in [0.15, 0.2) is 53.5 Å². The van der Waals surface area contributed by atoms with Crippen molar-refractivity contribution in [2.45, 2.75) is 18.9 Å². The summed E-state index contributed by atoms with van der Waals surface area (Å²) in [6.45, 7) is 1.78. The smallest absolute Gasteiger partial charge is 0.193 e. The lowest BCUT2D eigenvalue weighted by Crippen LogP contribution is -2.38. The number of nitrogens with two attached hydrogens (primary N) is 1. The van der Waals surface area contributed by atoms with Gasteiger partial charge in [0.1, 0.15) is 11.5 Å². The fourth-order valence-electron chi connectivity index (χ4n) is 3.86. The minimum Gasteiger partial charge on any atom is -0.497 e. The van der Waals surface area contributed by atoms with E-state index in [4.69, 9.17) is 15.2 Å². The molecule has 158 valence electrons. The standard InChI is InChI=1S/C22H30N4O2.HI/c1-26-14-4-5-17(21(26)16-6-10-19(27-2)11-7-16)15-24-22(23)25-18-8-12-20(28-3)13-9-18;/h6-13,17,21H,4-5,14-15H2,1-3H3,(H3,23,24,25);1H. The highest BCUT2D eigenvalue weighted by atomic mass is 127. The van der Waals surface area contributed by atoms with Gasteiger partial charge in [0, 0.05) is 18.3 Å². The second-order valence-electron chi connectivity index (χ2n) is 7.18. The van der Waals surface area contributed by atoms with E-state index in [2.05, 4.69) is 34.4 Å². The number of hydrogen-bond acceptors (Lipinski definition) is 4. The minimum atomic E-state index is 0. The fourth-order valence-corrected chi connectivity index (χ4v) is 3.86. The summed E-state index contributed by atoms with van der Waals surface area (Å²) in [6.07, 6.45) is 2.31. The molecule has 1 fully saturated rings. The molecule has 2 unspecified atom stereocenters. The highest BCUT2D eigenvalue weighted by molar-refractivity contribution is 14.0. The topological polar surface area (TPSA) is 72.1 Å². The third-order valence-corrected chi connectivity index (χ3v) is 5.32. The minimum absolute atomic E-state index is 0. The van der Waals surface area contributed by atoms with Gasteiger partial charge in [-0.1, -0.05) is 12.1 Å². The Kier molecular flexibility index (Phi) is 9.03. The van der Waals surface area contributed by atoms with Crippen LogP contribution in [-0.2, 0) is 0 Å². The Labute approximate surface area is 190 Å². The molecule has 2 aromatic rings. The molecular formula is C22H31IN4O2. The third-order valence-electron chi connectivity index (χ3n) is 5.32. The maximum absolute atomic E-state index is 6.13. The second-order valence-corrected chi connectivity index (χ2v) is 7.18. The lowest BCUT2D eigenvalue weighted by atomic mass is 9.85. The van der Waals surface area contributed by atoms with E-state index >= 15 is 0 Å². The summed E-state index contributed by atoms with van der Waals surface area (Å²) in [5.74, 6) is 2.55. The van der Waals surface area contributed by atoms with E-state index < -0.39 is 0 Å². The zero-order valence-electron chi connectivity index (χ0n) is 17.3. The van der Waals surface area contributed by atoms with Gasteiger partial charge in [0.25, 0.3) is 0 Å². The monoisotopic (exact) mass is 510 g/mol. The van der Waals surface area contributed by atoms with Crippen LogP contribution in [0.1, 0.15) is 24.4 Å². The molecule has 0 spiro atoms. The second kappa shape index (κ2) is 11.3. The molecule has 1 aliphatic heterocycles. The van der Waals surface area contributed by atoms with Crippen LogP contribution >= 0.6 is 24.0 Å². The molecule has 0 aromatic heterocycles. The van der Waals surface area contributed by atoms with E-state index in [1.54, 1.807) is 14.2 Å². The van der Waals surface area contributed by atoms with Crippen molar-refractivity contribution in [3.8, 4) is 11.5 Å². The van der Waals surface area contributed by atoms with Crippen molar-refractivity contribution in [1.29, 1.82) is 0 Å². The molecule has 1 heterocycles. The number of ether oxygens (including phenoxy) is 2. The van der Waals surface area contributed by atoms with Crippen LogP contribution in [0, 0.1) is 5.92 Å². The van der Waals surface area contributed by atoms with E-state index in [0.29, 0.717) is 24.5 Å². The summed E-state index contributed by atoms with van der Waals surface area (Å²) in [4.78, 5) is 7.05. The molecule has 3 rings (SSSR count). The van der Waals surface area contributed by atoms with Crippen molar-refractivity contribution in [3.63, 3.8) is 0 Å². The van der Waals surface area contributed by atoms with Crippen molar-refractivity contribution in [2.24, 2.45) is 16.6 Å². The first-order valence-corrected chi connectivity index (χ1v) is 9.66. The van der Waals surface area contributed by atoms with Gasteiger partial charge in [-0.05, 0) is 74.3 Å². The van der Waals surface area contributed by atoms with Crippen LogP contribution in [-0.4, -0.2) is 45.2 Å². The van der Waals surface area contributed by atoms with E-state index in [0.717, 1.165) is 30.2 Å². The molecule has 0 radical (unpaired) electrons. The van der Waals surface area contributed by atoms with Crippen LogP contribution in [0.3, 0.4) is 0 Å². The molecule has 6 nitrogen and oxygen atoms in total. The predicted octanol–water partition coefficient (Wildman–Crippen LogP) is 4.13. The molecule has 29 heavy (non-hydrogen) atoms. The van der Waals surface area contributed by atoms with Gasteiger partial charge in [0.2, 0.25) is 0 Å². The number of aliphatic imine (C=N–C) groups is 1. The van der Waals surface area contributed by atoms with Gasteiger partial charge in [-0.3, -0.25) is 9.89 Å². The van der Waals surface area contributed by atoms with Gasteiger partial charge in [0.05, 0.1) is 14.2 Å². The average Bonchev–Trinajstić information content (AvgIpc) is 2.73. The molecule has 0 saturated carbocycles. The van der Waals surface area contributed by atoms with Crippen LogP contribution < -0.4 is 20.5 Å². The SMILES string of the molecule is COc1ccc(NC(N)=NCC2CCCN(C)C2c2ccc(OC)cc2)cc1.I. The molecule has 0 amide bonds. The third kappa shape index (κ3) is 6.24. The molecule has 0 bridgehead atoms. The summed E-state index contributed by atoms with van der Waals surface area (Å²) in [7, 11) is 5.53. The number of halogens is 1. The Morgan fingerprint density at radius 2 is 1.66 bits per heavy atom. The molecule has 3 N–H and O–H groups in total. The average molecular weight is 510 g/mol. The summed E-state index contributed by atoms with van der Waals surface area (Å²) in [6, 6.07) is 16.3. The molecule has 1 saturated heterocycles. The molecular weight excluding hydrogens is 479 g/mol. The van der Waals surface area contributed by atoms with Crippen LogP contribution in [0.25, 0.3) is 0 Å². The first-order valence-electron chi connectivity index (χ1n) is 9.66. The van der Waals surface area contributed by atoms with Crippen molar-refractivity contribution in [2.75, 3.05) is 39.7 Å². The van der Waals surface area contributed by atoms with Crippen LogP contribution in [0.2, 0.25) is 0 Å². The summed E-state index contributed by atoms with van der Waals surface area (Å²) in [5.41, 5.74) is 8.32. The summed E-state index contributed by atoms with van der Waals surface area (Å²) >= 11 is 0. The number of nitrogens with one attached hydrogen (secondary N) is 1. The van der Waals surface area contributed by atoms with Gasteiger partial charge in [0.15, 0.2) is 5.96 Å². The van der Waals surface area contributed by atoms with Crippen molar-refractivity contribution >= 4 is 35.6 Å². The molecule has 0 aliphatic carbocycles. The number of hydrogen-bond donors (Lipinski definition) is 2. The van der Waals surface area contributed by atoms with Gasteiger partial charge in [-0.25, -0.2) is 0 Å². The molecule has 7 heteroatoms. The van der Waals surface area contributed by atoms with Gasteiger partial charge < -0.3 is 20.5 Å². The van der Waals surface area contributed by atoms with E-state index in [-0.39, 0.29) is 24.0 Å². The quantitative estimate of drug-likeness (QED) is 0.348. The number of rotatable bonds is 6. The Bertz CT molecular complexity index is 780. The van der Waals surface area contributed by atoms with Gasteiger partial charge >= 0.3 is 0 Å². The number of piperidine rings is 1. The van der Waals surface area contributed by atoms with Gasteiger partial charge in [-0.2, -0.15) is 0 Å². The van der Waals surface area contributed by atoms with Crippen LogP contribution in [0.5, 0.6) is 11.5 Å². The molecule has 2 atom stereocenters. The largest absolute Gasteiger partial charge is 0.497 e.